The predicted molar refractivity (Wildman–Crippen MR) is 141 cm³/mol. The Morgan fingerprint density at radius 1 is 1.00 bits per heavy atom. The van der Waals surface area contributed by atoms with Crippen LogP contribution in [-0.2, 0) is 13.0 Å². The molecule has 174 valence electrons. The summed E-state index contributed by atoms with van der Waals surface area (Å²) < 4.78 is 16.3. The molecule has 0 saturated carbocycles. The molecule has 1 aromatic heterocycles. The van der Waals surface area contributed by atoms with Gasteiger partial charge < -0.3 is 29.8 Å². The average Bonchev–Trinajstić information content (AvgIpc) is 3.11. The maximum atomic E-state index is 5.44. The highest BCUT2D eigenvalue weighted by molar-refractivity contribution is 14.0. The van der Waals surface area contributed by atoms with Gasteiger partial charge in [-0.2, -0.15) is 0 Å². The van der Waals surface area contributed by atoms with Gasteiger partial charge in [0, 0.05) is 29.7 Å². The van der Waals surface area contributed by atoms with Gasteiger partial charge in [0.15, 0.2) is 17.5 Å². The van der Waals surface area contributed by atoms with E-state index in [0.717, 1.165) is 31.0 Å². The highest BCUT2D eigenvalue weighted by Gasteiger charge is 2.13. The number of fused-ring (bicyclic) bond motifs is 1. The Morgan fingerprint density at radius 2 is 1.69 bits per heavy atom. The van der Waals surface area contributed by atoms with E-state index >= 15 is 0 Å². The summed E-state index contributed by atoms with van der Waals surface area (Å²) in [5.41, 5.74) is 4.70. The van der Waals surface area contributed by atoms with Crippen LogP contribution in [-0.4, -0.2) is 45.4 Å². The fraction of sp³-hybridized carbons (Fsp3) is 0.375. The molecule has 3 aromatic rings. The van der Waals surface area contributed by atoms with Crippen LogP contribution in [0.15, 0.2) is 41.4 Å². The van der Waals surface area contributed by atoms with E-state index in [1.807, 2.05) is 12.1 Å². The highest BCUT2D eigenvalue weighted by Crippen LogP contribution is 2.38. The number of methoxy groups -OCH3 is 3. The highest BCUT2D eigenvalue weighted by atomic mass is 127. The van der Waals surface area contributed by atoms with E-state index in [0.29, 0.717) is 23.8 Å². The van der Waals surface area contributed by atoms with Crippen LogP contribution in [0, 0.1) is 6.92 Å². The molecule has 0 aliphatic carbocycles. The second kappa shape index (κ2) is 12.4. The normalized spacial score (nSPS) is 11.1. The zero-order chi connectivity index (χ0) is 22.2. The lowest BCUT2D eigenvalue weighted by molar-refractivity contribution is 0.324. The van der Waals surface area contributed by atoms with Crippen LogP contribution in [0.25, 0.3) is 10.9 Å². The SMILES string of the molecule is CCNC(=NCc1cc(OC)c(OC)c(OC)c1)NCCc1c(C)[nH]c2ccccc12.I. The van der Waals surface area contributed by atoms with Gasteiger partial charge in [0.05, 0.1) is 27.9 Å². The Kier molecular flexibility index (Phi) is 9.96. The maximum absolute atomic E-state index is 5.44. The number of halogens is 1. The Hall–Kier alpha value is -2.62. The lowest BCUT2D eigenvalue weighted by Crippen LogP contribution is -2.38. The second-order valence-corrected chi connectivity index (χ2v) is 7.18. The standard InChI is InChI=1S/C24H32N4O3.HI/c1-6-25-24(26-12-11-18-16(2)28-20-10-8-7-9-19(18)20)27-15-17-13-21(29-3)23(31-5)22(14-17)30-4;/h7-10,13-14,28H,6,11-12,15H2,1-5H3,(H2,25,26,27);1H. The molecular weight excluding hydrogens is 519 g/mol. The lowest BCUT2D eigenvalue weighted by Gasteiger charge is -2.14. The number of guanidine groups is 1. The number of benzene rings is 2. The number of H-pyrrole nitrogens is 1. The van der Waals surface area contributed by atoms with Gasteiger partial charge in [0.2, 0.25) is 5.75 Å². The summed E-state index contributed by atoms with van der Waals surface area (Å²) in [6.45, 7) is 6.23. The van der Waals surface area contributed by atoms with Gasteiger partial charge in [0.1, 0.15) is 0 Å². The molecule has 0 aliphatic heterocycles. The Bertz CT molecular complexity index is 1020. The van der Waals surface area contributed by atoms with E-state index in [1.54, 1.807) is 21.3 Å². The number of aromatic nitrogens is 1. The molecule has 0 fully saturated rings. The molecule has 0 bridgehead atoms. The van der Waals surface area contributed by atoms with E-state index in [9.17, 15) is 0 Å². The van der Waals surface area contributed by atoms with Crippen molar-refractivity contribution in [2.45, 2.75) is 26.8 Å². The molecule has 0 spiro atoms. The molecule has 0 radical (unpaired) electrons. The topological polar surface area (TPSA) is 79.9 Å². The third-order valence-corrected chi connectivity index (χ3v) is 5.18. The Balaban J connectivity index is 0.00000363. The van der Waals surface area contributed by atoms with Crippen molar-refractivity contribution < 1.29 is 14.2 Å². The van der Waals surface area contributed by atoms with Crippen molar-refractivity contribution in [1.29, 1.82) is 0 Å². The zero-order valence-electron chi connectivity index (χ0n) is 19.4. The molecule has 3 rings (SSSR count). The first-order valence-electron chi connectivity index (χ1n) is 10.5. The Morgan fingerprint density at radius 3 is 2.31 bits per heavy atom. The minimum absolute atomic E-state index is 0. The first-order valence-corrected chi connectivity index (χ1v) is 10.5. The third-order valence-electron chi connectivity index (χ3n) is 5.18. The molecule has 0 amide bonds. The van der Waals surface area contributed by atoms with Crippen LogP contribution in [0.5, 0.6) is 17.2 Å². The number of hydrogen-bond acceptors (Lipinski definition) is 4. The summed E-state index contributed by atoms with van der Waals surface area (Å²) in [6.07, 6.45) is 0.907. The average molecular weight is 552 g/mol. The van der Waals surface area contributed by atoms with E-state index in [4.69, 9.17) is 19.2 Å². The molecule has 32 heavy (non-hydrogen) atoms. The molecule has 1 heterocycles. The molecular formula is C24H33IN4O3. The summed E-state index contributed by atoms with van der Waals surface area (Å²) in [5, 5.41) is 8.03. The van der Waals surface area contributed by atoms with E-state index in [1.165, 1.54) is 22.2 Å². The Labute approximate surface area is 207 Å². The number of nitrogens with zero attached hydrogens (tertiary/aromatic N) is 1. The number of aromatic amines is 1. The van der Waals surface area contributed by atoms with Gasteiger partial charge in [-0.15, -0.1) is 24.0 Å². The van der Waals surface area contributed by atoms with Crippen LogP contribution in [0.1, 0.15) is 23.7 Å². The number of hydrogen-bond donors (Lipinski definition) is 3. The van der Waals surface area contributed by atoms with Crippen LogP contribution >= 0.6 is 24.0 Å². The number of ether oxygens (including phenoxy) is 3. The van der Waals surface area contributed by atoms with Crippen molar-refractivity contribution in [2.75, 3.05) is 34.4 Å². The number of rotatable bonds is 9. The van der Waals surface area contributed by atoms with Crippen LogP contribution in [0.4, 0.5) is 0 Å². The molecule has 0 aliphatic rings. The second-order valence-electron chi connectivity index (χ2n) is 7.18. The fourth-order valence-electron chi connectivity index (χ4n) is 3.70. The smallest absolute Gasteiger partial charge is 0.203 e. The van der Waals surface area contributed by atoms with Gasteiger partial charge in [-0.05, 0) is 49.6 Å². The molecule has 3 N–H and O–H groups in total. The minimum atomic E-state index is 0. The molecule has 0 saturated heterocycles. The zero-order valence-corrected chi connectivity index (χ0v) is 21.7. The number of aliphatic imine (C=N–C) groups is 1. The summed E-state index contributed by atoms with van der Waals surface area (Å²) in [5.74, 6) is 2.60. The third kappa shape index (κ3) is 5.99. The summed E-state index contributed by atoms with van der Waals surface area (Å²) in [6, 6.07) is 12.3. The van der Waals surface area contributed by atoms with E-state index < -0.39 is 0 Å². The molecule has 8 heteroatoms. The summed E-state index contributed by atoms with van der Waals surface area (Å²) in [7, 11) is 4.83. The number of para-hydroxylation sites is 1. The van der Waals surface area contributed by atoms with Crippen LogP contribution in [0.3, 0.4) is 0 Å². The van der Waals surface area contributed by atoms with Crippen molar-refractivity contribution in [1.82, 2.24) is 15.6 Å². The van der Waals surface area contributed by atoms with Gasteiger partial charge in [-0.25, -0.2) is 4.99 Å². The number of aryl methyl sites for hydroxylation is 1. The maximum Gasteiger partial charge on any atom is 0.203 e. The monoisotopic (exact) mass is 552 g/mol. The van der Waals surface area contributed by atoms with Crippen molar-refractivity contribution in [3.05, 3.63) is 53.2 Å². The van der Waals surface area contributed by atoms with Crippen molar-refractivity contribution in [3.8, 4) is 17.2 Å². The van der Waals surface area contributed by atoms with E-state index in [2.05, 4.69) is 53.7 Å². The lowest BCUT2D eigenvalue weighted by atomic mass is 10.1. The fourth-order valence-corrected chi connectivity index (χ4v) is 3.70. The van der Waals surface area contributed by atoms with Crippen LogP contribution < -0.4 is 24.8 Å². The predicted octanol–water partition coefficient (Wildman–Crippen LogP) is 4.42. The van der Waals surface area contributed by atoms with Crippen LogP contribution in [0.2, 0.25) is 0 Å². The largest absolute Gasteiger partial charge is 0.493 e. The quantitative estimate of drug-likeness (QED) is 0.208. The van der Waals surface area contributed by atoms with Gasteiger partial charge in [0.25, 0.3) is 0 Å². The molecule has 2 aromatic carbocycles. The van der Waals surface area contributed by atoms with Crippen molar-refractivity contribution in [2.24, 2.45) is 4.99 Å². The number of nitrogens with one attached hydrogen (secondary N) is 3. The minimum Gasteiger partial charge on any atom is -0.493 e. The van der Waals surface area contributed by atoms with Crippen molar-refractivity contribution >= 4 is 40.8 Å². The first-order chi connectivity index (χ1) is 15.1. The molecule has 0 atom stereocenters. The van der Waals surface area contributed by atoms with Gasteiger partial charge in [-0.3, -0.25) is 0 Å². The van der Waals surface area contributed by atoms with E-state index in [-0.39, 0.29) is 24.0 Å². The summed E-state index contributed by atoms with van der Waals surface area (Å²) >= 11 is 0. The van der Waals surface area contributed by atoms with Crippen molar-refractivity contribution in [3.63, 3.8) is 0 Å². The van der Waals surface area contributed by atoms with Gasteiger partial charge in [-0.1, -0.05) is 18.2 Å². The molecule has 7 nitrogen and oxygen atoms in total. The molecule has 0 unspecified atom stereocenters. The summed E-state index contributed by atoms with van der Waals surface area (Å²) in [4.78, 5) is 8.19. The first kappa shape index (κ1) is 25.6. The van der Waals surface area contributed by atoms with Gasteiger partial charge >= 0.3 is 0 Å².